The van der Waals surface area contributed by atoms with Gasteiger partial charge in [0.15, 0.2) is 0 Å². The van der Waals surface area contributed by atoms with Gasteiger partial charge in [0.1, 0.15) is 0 Å². The molecule has 2 nitrogen and oxygen atoms in total. The van der Waals surface area contributed by atoms with Crippen LogP contribution in [0, 0.1) is 0 Å². The lowest BCUT2D eigenvalue weighted by Gasteiger charge is -2.26. The number of para-hydroxylation sites is 1. The second-order valence-electron chi connectivity index (χ2n) is 4.35. The van der Waals surface area contributed by atoms with Gasteiger partial charge in [-0.05, 0) is 18.6 Å². The normalized spacial score (nSPS) is 21.0. The van der Waals surface area contributed by atoms with Crippen LogP contribution < -0.4 is 10.2 Å². The Hall–Kier alpha value is -0.700. The van der Waals surface area contributed by atoms with Gasteiger partial charge in [0.25, 0.3) is 0 Å². The molecule has 0 radical (unpaired) electrons. The largest absolute Gasteiger partial charge is 0.364 e. The molecule has 0 aromatic heterocycles. The molecule has 0 spiro atoms. The van der Waals surface area contributed by atoms with E-state index in [1.807, 2.05) is 0 Å². The summed E-state index contributed by atoms with van der Waals surface area (Å²) in [6, 6.07) is 8.83. The highest BCUT2D eigenvalue weighted by atomic mass is 35.5. The second kappa shape index (κ2) is 5.76. The van der Waals surface area contributed by atoms with Crippen molar-refractivity contribution < 1.29 is 0 Å². The summed E-state index contributed by atoms with van der Waals surface area (Å²) in [5, 5.41) is 4.15. The summed E-state index contributed by atoms with van der Waals surface area (Å²) in [6.45, 7) is 4.67. The molecule has 1 atom stereocenters. The SMILES string of the molecule is CC1CN(C/C(Cl)=C/Cl)c2ccccc2CN1. The molecule has 17 heavy (non-hydrogen) atoms. The van der Waals surface area contributed by atoms with E-state index in [9.17, 15) is 0 Å². The zero-order chi connectivity index (χ0) is 12.3. The summed E-state index contributed by atoms with van der Waals surface area (Å²) >= 11 is 11.7. The van der Waals surface area contributed by atoms with Gasteiger partial charge in [-0.3, -0.25) is 0 Å². The maximum Gasteiger partial charge on any atom is 0.0546 e. The van der Waals surface area contributed by atoms with E-state index < -0.39 is 0 Å². The van der Waals surface area contributed by atoms with E-state index in [2.05, 4.69) is 41.4 Å². The van der Waals surface area contributed by atoms with Gasteiger partial charge in [-0.15, -0.1) is 0 Å². The molecule has 0 amide bonds. The van der Waals surface area contributed by atoms with E-state index in [1.165, 1.54) is 16.8 Å². The molecule has 1 aliphatic heterocycles. The number of nitrogens with zero attached hydrogens (tertiary/aromatic N) is 1. The molecule has 0 fully saturated rings. The summed E-state index contributed by atoms with van der Waals surface area (Å²) in [5.74, 6) is 0. The molecule has 1 aromatic rings. The molecular formula is C13H16Cl2N2. The first-order chi connectivity index (χ1) is 8.20. The Kier molecular flexibility index (Phi) is 4.32. The van der Waals surface area contributed by atoms with E-state index in [1.54, 1.807) is 0 Å². The first kappa shape index (κ1) is 12.7. The van der Waals surface area contributed by atoms with Crippen molar-refractivity contribution in [3.05, 3.63) is 40.4 Å². The third-order valence-corrected chi connectivity index (χ3v) is 3.53. The fourth-order valence-corrected chi connectivity index (χ4v) is 2.33. The molecule has 1 unspecified atom stereocenters. The maximum absolute atomic E-state index is 6.03. The van der Waals surface area contributed by atoms with E-state index in [4.69, 9.17) is 23.2 Å². The topological polar surface area (TPSA) is 15.3 Å². The van der Waals surface area contributed by atoms with Gasteiger partial charge in [-0.1, -0.05) is 41.4 Å². The summed E-state index contributed by atoms with van der Waals surface area (Å²) in [5.41, 5.74) is 3.98. The Labute approximate surface area is 112 Å². The van der Waals surface area contributed by atoms with Crippen LogP contribution in [-0.4, -0.2) is 19.1 Å². The lowest BCUT2D eigenvalue weighted by atomic mass is 10.1. The maximum atomic E-state index is 6.03. The van der Waals surface area contributed by atoms with Gasteiger partial charge < -0.3 is 10.2 Å². The number of benzene rings is 1. The van der Waals surface area contributed by atoms with Gasteiger partial charge in [0, 0.05) is 35.4 Å². The van der Waals surface area contributed by atoms with Crippen molar-refractivity contribution in [1.82, 2.24) is 5.32 Å². The highest BCUT2D eigenvalue weighted by Crippen LogP contribution is 2.24. The average Bonchev–Trinajstić information content (AvgIpc) is 2.50. The number of anilines is 1. The summed E-state index contributed by atoms with van der Waals surface area (Å²) in [4.78, 5) is 2.27. The van der Waals surface area contributed by atoms with Crippen LogP contribution >= 0.6 is 23.2 Å². The molecule has 0 bridgehead atoms. The van der Waals surface area contributed by atoms with Crippen LogP contribution in [0.1, 0.15) is 12.5 Å². The Bertz CT molecular complexity index is 418. The third kappa shape index (κ3) is 3.15. The van der Waals surface area contributed by atoms with Crippen molar-refractivity contribution in [1.29, 1.82) is 0 Å². The summed E-state index contributed by atoms with van der Waals surface area (Å²) < 4.78 is 0. The second-order valence-corrected chi connectivity index (χ2v) is 5.05. The first-order valence-electron chi connectivity index (χ1n) is 5.71. The van der Waals surface area contributed by atoms with Gasteiger partial charge in [-0.2, -0.15) is 0 Å². The molecule has 2 rings (SSSR count). The highest BCUT2D eigenvalue weighted by Gasteiger charge is 2.18. The Morgan fingerprint density at radius 1 is 1.53 bits per heavy atom. The molecule has 1 heterocycles. The smallest absolute Gasteiger partial charge is 0.0546 e. The molecule has 0 saturated carbocycles. The minimum atomic E-state index is 0.433. The van der Waals surface area contributed by atoms with Gasteiger partial charge in [0.2, 0.25) is 0 Å². The number of rotatable bonds is 2. The number of hydrogen-bond acceptors (Lipinski definition) is 2. The lowest BCUT2D eigenvalue weighted by molar-refractivity contribution is 0.558. The Morgan fingerprint density at radius 3 is 3.06 bits per heavy atom. The van der Waals surface area contributed by atoms with E-state index in [0.29, 0.717) is 17.6 Å². The first-order valence-corrected chi connectivity index (χ1v) is 6.53. The molecular weight excluding hydrogens is 255 g/mol. The summed E-state index contributed by atoms with van der Waals surface area (Å²) in [6.07, 6.45) is 0. The Morgan fingerprint density at radius 2 is 2.29 bits per heavy atom. The Balaban J connectivity index is 2.29. The zero-order valence-corrected chi connectivity index (χ0v) is 11.3. The molecule has 92 valence electrons. The minimum absolute atomic E-state index is 0.433. The molecule has 1 N–H and O–H groups in total. The number of fused-ring (bicyclic) bond motifs is 1. The number of halogens is 2. The quantitative estimate of drug-likeness (QED) is 0.887. The predicted molar refractivity (Wildman–Crippen MR) is 74.7 cm³/mol. The zero-order valence-electron chi connectivity index (χ0n) is 9.79. The molecule has 0 saturated heterocycles. The van der Waals surface area contributed by atoms with E-state index >= 15 is 0 Å². The molecule has 4 heteroatoms. The summed E-state index contributed by atoms with van der Waals surface area (Å²) in [7, 11) is 0. The molecule has 1 aromatic carbocycles. The van der Waals surface area contributed by atoms with Crippen molar-refractivity contribution in [2.45, 2.75) is 19.5 Å². The van der Waals surface area contributed by atoms with Crippen LogP contribution in [0.15, 0.2) is 34.8 Å². The standard InChI is InChI=1S/C13H16Cl2N2/c1-10-8-17(9-12(15)6-14)13-5-3-2-4-11(13)7-16-10/h2-6,10,16H,7-9H2,1H3/b12-6-. The van der Waals surface area contributed by atoms with Crippen LogP contribution in [0.2, 0.25) is 0 Å². The van der Waals surface area contributed by atoms with Crippen LogP contribution in [0.25, 0.3) is 0 Å². The van der Waals surface area contributed by atoms with Gasteiger partial charge >= 0.3 is 0 Å². The average molecular weight is 271 g/mol. The lowest BCUT2D eigenvalue weighted by Crippen LogP contribution is -2.36. The number of nitrogens with one attached hydrogen (secondary N) is 1. The van der Waals surface area contributed by atoms with Crippen molar-refractivity contribution in [3.63, 3.8) is 0 Å². The van der Waals surface area contributed by atoms with Crippen LogP contribution in [0.3, 0.4) is 0 Å². The van der Waals surface area contributed by atoms with E-state index in [-0.39, 0.29) is 0 Å². The highest BCUT2D eigenvalue weighted by molar-refractivity contribution is 6.36. The monoisotopic (exact) mass is 270 g/mol. The van der Waals surface area contributed by atoms with Crippen LogP contribution in [-0.2, 0) is 6.54 Å². The van der Waals surface area contributed by atoms with Gasteiger partial charge in [0.05, 0.1) is 6.54 Å². The van der Waals surface area contributed by atoms with Crippen LogP contribution in [0.5, 0.6) is 0 Å². The molecule has 1 aliphatic rings. The fourth-order valence-electron chi connectivity index (χ4n) is 2.11. The van der Waals surface area contributed by atoms with Crippen molar-refractivity contribution in [2.75, 3.05) is 18.0 Å². The van der Waals surface area contributed by atoms with Crippen molar-refractivity contribution in [3.8, 4) is 0 Å². The van der Waals surface area contributed by atoms with Gasteiger partial charge in [-0.25, -0.2) is 0 Å². The number of hydrogen-bond donors (Lipinski definition) is 1. The van der Waals surface area contributed by atoms with Crippen molar-refractivity contribution in [2.24, 2.45) is 0 Å². The predicted octanol–water partition coefficient (Wildman–Crippen LogP) is 3.30. The third-order valence-electron chi connectivity index (χ3n) is 2.93. The van der Waals surface area contributed by atoms with Crippen LogP contribution in [0.4, 0.5) is 5.69 Å². The minimum Gasteiger partial charge on any atom is -0.364 e. The van der Waals surface area contributed by atoms with Crippen molar-refractivity contribution >= 4 is 28.9 Å². The molecule has 0 aliphatic carbocycles. The van der Waals surface area contributed by atoms with E-state index in [0.717, 1.165) is 13.1 Å². The fraction of sp³-hybridized carbons (Fsp3) is 0.385.